The number of carbonyl (C=O) groups is 2. The van der Waals surface area contributed by atoms with Gasteiger partial charge in [-0.05, 0) is 24.3 Å². The van der Waals surface area contributed by atoms with Crippen LogP contribution in [0.1, 0.15) is 23.7 Å². The van der Waals surface area contributed by atoms with Crippen molar-refractivity contribution in [1.29, 1.82) is 0 Å². The summed E-state index contributed by atoms with van der Waals surface area (Å²) in [5.74, 6) is -0.564. The molecule has 0 spiro atoms. The minimum atomic E-state index is -0.745. The molecule has 0 saturated heterocycles. The van der Waals surface area contributed by atoms with Gasteiger partial charge in [0.1, 0.15) is 12.0 Å². The molecule has 0 fully saturated rings. The van der Waals surface area contributed by atoms with Gasteiger partial charge in [-0.1, -0.05) is 6.92 Å². The third kappa shape index (κ3) is 5.77. The quantitative estimate of drug-likeness (QED) is 0.706. The third-order valence-electron chi connectivity index (χ3n) is 1.33. The Morgan fingerprint density at radius 2 is 1.79 bits per heavy atom. The molecule has 0 saturated carbocycles. The Bertz CT molecular complexity index is 289. The van der Waals surface area contributed by atoms with E-state index in [1.165, 1.54) is 12.1 Å². The zero-order valence-corrected chi connectivity index (χ0v) is 7.80. The van der Waals surface area contributed by atoms with Gasteiger partial charge in [0, 0.05) is 12.0 Å². The minimum Gasteiger partial charge on any atom is -0.508 e. The molecule has 0 radical (unpaired) electrons. The molecular weight excluding hydrogens is 184 g/mol. The molecule has 0 bridgehead atoms. The number of aldehydes is 1. The summed E-state index contributed by atoms with van der Waals surface area (Å²) in [4.78, 5) is 19.4. The van der Waals surface area contributed by atoms with Crippen LogP contribution in [0, 0.1) is 0 Å². The Morgan fingerprint density at radius 3 is 2.07 bits per heavy atom. The fraction of sp³-hybridized carbons (Fsp3) is 0.200. The van der Waals surface area contributed by atoms with E-state index in [1.807, 2.05) is 0 Å². The first-order valence-electron chi connectivity index (χ1n) is 4.06. The fourth-order valence-corrected chi connectivity index (χ4v) is 0.553. The van der Waals surface area contributed by atoms with E-state index in [1.54, 1.807) is 19.1 Å². The van der Waals surface area contributed by atoms with Crippen molar-refractivity contribution in [3.8, 4) is 5.75 Å². The smallest absolute Gasteiger partial charge is 0.303 e. The second-order valence-electron chi connectivity index (χ2n) is 2.46. The number of carbonyl (C=O) groups excluding carboxylic acids is 1. The zero-order chi connectivity index (χ0) is 11.0. The lowest BCUT2D eigenvalue weighted by atomic mass is 10.2. The maximum absolute atomic E-state index is 10.0. The summed E-state index contributed by atoms with van der Waals surface area (Å²) in [6, 6.07) is 6.07. The van der Waals surface area contributed by atoms with Crippen molar-refractivity contribution < 1.29 is 19.8 Å². The summed E-state index contributed by atoms with van der Waals surface area (Å²) in [6.45, 7) is 1.60. The number of hydrogen-bond acceptors (Lipinski definition) is 3. The number of rotatable bonds is 2. The Balaban J connectivity index is 0.000000292. The van der Waals surface area contributed by atoms with Gasteiger partial charge in [0.25, 0.3) is 0 Å². The predicted octanol–water partition coefficient (Wildman–Crippen LogP) is 1.69. The van der Waals surface area contributed by atoms with Gasteiger partial charge in [0.2, 0.25) is 0 Å². The molecule has 1 aromatic rings. The highest BCUT2D eigenvalue weighted by molar-refractivity contribution is 5.74. The van der Waals surface area contributed by atoms with E-state index in [2.05, 4.69) is 0 Å². The van der Waals surface area contributed by atoms with Crippen LogP contribution in [-0.2, 0) is 4.79 Å². The number of phenols is 1. The van der Waals surface area contributed by atoms with Gasteiger partial charge in [-0.2, -0.15) is 0 Å². The van der Waals surface area contributed by atoms with Crippen LogP contribution in [0.5, 0.6) is 5.75 Å². The van der Waals surface area contributed by atoms with Gasteiger partial charge in [0.15, 0.2) is 0 Å². The average molecular weight is 196 g/mol. The highest BCUT2D eigenvalue weighted by atomic mass is 16.4. The van der Waals surface area contributed by atoms with Gasteiger partial charge < -0.3 is 10.2 Å². The van der Waals surface area contributed by atoms with Crippen LogP contribution >= 0.6 is 0 Å². The van der Waals surface area contributed by atoms with E-state index in [0.717, 1.165) is 6.29 Å². The molecular formula is C10H12O4. The molecule has 1 aromatic carbocycles. The largest absolute Gasteiger partial charge is 0.508 e. The number of hydrogen-bond donors (Lipinski definition) is 2. The number of carboxylic acid groups (broad SMARTS) is 1. The molecule has 0 aliphatic rings. The van der Waals surface area contributed by atoms with Crippen LogP contribution < -0.4 is 0 Å². The molecule has 1 rings (SSSR count). The Hall–Kier alpha value is -1.84. The Labute approximate surface area is 81.8 Å². The molecule has 0 amide bonds. The predicted molar refractivity (Wildman–Crippen MR) is 51.4 cm³/mol. The maximum atomic E-state index is 10.0. The highest BCUT2D eigenvalue weighted by Crippen LogP contribution is 2.07. The van der Waals surface area contributed by atoms with E-state index in [-0.39, 0.29) is 12.2 Å². The number of phenolic OH excluding ortho intramolecular Hbond substituents is 1. The van der Waals surface area contributed by atoms with Crippen LogP contribution in [0.2, 0.25) is 0 Å². The Morgan fingerprint density at radius 1 is 1.36 bits per heavy atom. The van der Waals surface area contributed by atoms with Gasteiger partial charge in [-0.15, -0.1) is 0 Å². The number of aromatic hydroxyl groups is 1. The van der Waals surface area contributed by atoms with Gasteiger partial charge in [-0.3, -0.25) is 9.59 Å². The topological polar surface area (TPSA) is 74.6 Å². The monoisotopic (exact) mass is 196 g/mol. The van der Waals surface area contributed by atoms with Gasteiger partial charge in [0.05, 0.1) is 0 Å². The molecule has 0 unspecified atom stereocenters. The van der Waals surface area contributed by atoms with Crippen LogP contribution in [0.25, 0.3) is 0 Å². The first-order chi connectivity index (χ1) is 6.60. The van der Waals surface area contributed by atoms with Crippen molar-refractivity contribution >= 4 is 12.3 Å². The first-order valence-corrected chi connectivity index (χ1v) is 4.06. The average Bonchev–Trinajstić information content (AvgIpc) is 2.20. The van der Waals surface area contributed by atoms with E-state index >= 15 is 0 Å². The van der Waals surface area contributed by atoms with Crippen LogP contribution in [-0.4, -0.2) is 22.5 Å². The molecule has 4 heteroatoms. The zero-order valence-electron chi connectivity index (χ0n) is 7.80. The molecule has 4 nitrogen and oxygen atoms in total. The van der Waals surface area contributed by atoms with E-state index in [4.69, 9.17) is 10.2 Å². The molecule has 0 heterocycles. The van der Waals surface area contributed by atoms with Gasteiger partial charge in [-0.25, -0.2) is 0 Å². The summed E-state index contributed by atoms with van der Waals surface area (Å²) in [7, 11) is 0. The lowest BCUT2D eigenvalue weighted by Gasteiger charge is -1.88. The summed E-state index contributed by atoms with van der Waals surface area (Å²) in [5.41, 5.74) is 0.577. The summed E-state index contributed by atoms with van der Waals surface area (Å²) in [5, 5.41) is 16.5. The molecule has 2 N–H and O–H groups in total. The molecule has 0 aliphatic heterocycles. The molecule has 76 valence electrons. The van der Waals surface area contributed by atoms with E-state index < -0.39 is 5.97 Å². The van der Waals surface area contributed by atoms with Crippen molar-refractivity contribution in [2.24, 2.45) is 0 Å². The fourth-order valence-electron chi connectivity index (χ4n) is 0.553. The van der Waals surface area contributed by atoms with E-state index in [9.17, 15) is 9.59 Å². The van der Waals surface area contributed by atoms with Crippen molar-refractivity contribution in [3.05, 3.63) is 29.8 Å². The molecule has 0 atom stereocenters. The second kappa shape index (κ2) is 6.65. The summed E-state index contributed by atoms with van der Waals surface area (Å²) < 4.78 is 0. The lowest BCUT2D eigenvalue weighted by Crippen LogP contribution is -1.86. The second-order valence-corrected chi connectivity index (χ2v) is 2.46. The van der Waals surface area contributed by atoms with Crippen LogP contribution in [0.15, 0.2) is 24.3 Å². The Kier molecular flexibility index (Phi) is 5.78. The van der Waals surface area contributed by atoms with Crippen LogP contribution in [0.3, 0.4) is 0 Å². The first kappa shape index (κ1) is 12.2. The molecule has 0 aliphatic carbocycles. The van der Waals surface area contributed by atoms with Crippen LogP contribution in [0.4, 0.5) is 0 Å². The maximum Gasteiger partial charge on any atom is 0.303 e. The lowest BCUT2D eigenvalue weighted by molar-refractivity contribution is -0.136. The van der Waals surface area contributed by atoms with Crippen molar-refractivity contribution in [1.82, 2.24) is 0 Å². The molecule has 0 aromatic heterocycles. The minimum absolute atomic E-state index is 0.181. The molecule has 14 heavy (non-hydrogen) atoms. The van der Waals surface area contributed by atoms with Crippen molar-refractivity contribution in [3.63, 3.8) is 0 Å². The summed E-state index contributed by atoms with van der Waals surface area (Å²) in [6.07, 6.45) is 0.958. The van der Waals surface area contributed by atoms with Gasteiger partial charge >= 0.3 is 5.97 Å². The summed E-state index contributed by atoms with van der Waals surface area (Å²) >= 11 is 0. The number of aliphatic carboxylic acids is 1. The normalized spacial score (nSPS) is 8.36. The van der Waals surface area contributed by atoms with E-state index in [0.29, 0.717) is 5.56 Å². The standard InChI is InChI=1S/C7H6O2.C3H6O2/c8-5-6-1-3-7(9)4-2-6;1-2-3(4)5/h1-5,9H;2H2,1H3,(H,4,5). The highest BCUT2D eigenvalue weighted by Gasteiger charge is 1.86. The number of benzene rings is 1. The van der Waals surface area contributed by atoms with Crippen molar-refractivity contribution in [2.75, 3.05) is 0 Å². The SMILES string of the molecule is CCC(=O)O.O=Cc1ccc(O)cc1. The third-order valence-corrected chi connectivity index (χ3v) is 1.33. The number of carboxylic acids is 1. The van der Waals surface area contributed by atoms with Crippen molar-refractivity contribution in [2.45, 2.75) is 13.3 Å².